The molecule has 10 heteroatoms. The van der Waals surface area contributed by atoms with Crippen molar-refractivity contribution >= 4 is 44.6 Å². The molecule has 4 heterocycles. The van der Waals surface area contributed by atoms with Gasteiger partial charge in [-0.3, -0.25) is 19.1 Å². The Bertz CT molecular complexity index is 1350. The second kappa shape index (κ2) is 8.84. The molecule has 2 atom stereocenters. The molecule has 0 spiro atoms. The second-order valence-corrected chi connectivity index (χ2v) is 9.36. The molecule has 0 saturated carbocycles. The van der Waals surface area contributed by atoms with Crippen LogP contribution in [-0.2, 0) is 17.9 Å². The van der Waals surface area contributed by atoms with E-state index in [2.05, 4.69) is 20.6 Å². The van der Waals surface area contributed by atoms with Crippen molar-refractivity contribution in [1.29, 1.82) is 0 Å². The number of fused-ring (bicyclic) bond motifs is 2. The predicted octanol–water partition coefficient (Wildman–Crippen LogP) is 3.76. The monoisotopic (exact) mass is 481 g/mol. The van der Waals surface area contributed by atoms with Crippen LogP contribution in [0.3, 0.4) is 0 Å². The van der Waals surface area contributed by atoms with E-state index in [1.165, 1.54) is 10.9 Å². The molecule has 0 radical (unpaired) electrons. The molecule has 1 aliphatic rings. The molecule has 1 aliphatic heterocycles. The molecule has 2 N–H and O–H groups in total. The quantitative estimate of drug-likeness (QED) is 0.450. The Morgan fingerprint density at radius 3 is 2.91 bits per heavy atom. The first-order valence-electron chi connectivity index (χ1n) is 10.3. The van der Waals surface area contributed by atoms with E-state index in [9.17, 15) is 9.59 Å². The van der Waals surface area contributed by atoms with E-state index in [1.54, 1.807) is 35.9 Å². The highest BCUT2D eigenvalue weighted by Crippen LogP contribution is 2.33. The van der Waals surface area contributed by atoms with E-state index in [0.717, 1.165) is 20.5 Å². The van der Waals surface area contributed by atoms with Crippen LogP contribution in [0.2, 0.25) is 5.02 Å². The van der Waals surface area contributed by atoms with Crippen LogP contribution in [0.4, 0.5) is 5.69 Å². The maximum absolute atomic E-state index is 13.1. The van der Waals surface area contributed by atoms with Gasteiger partial charge < -0.3 is 15.4 Å². The summed E-state index contributed by atoms with van der Waals surface area (Å²) in [6, 6.07) is 11.0. The summed E-state index contributed by atoms with van der Waals surface area (Å²) in [6.45, 7) is 2.14. The van der Waals surface area contributed by atoms with Gasteiger partial charge in [-0.15, -0.1) is 11.3 Å². The normalized spacial score (nSPS) is 17.2. The number of rotatable bonds is 5. The molecule has 1 aromatic carbocycles. The fourth-order valence-corrected chi connectivity index (χ4v) is 4.86. The predicted molar refractivity (Wildman–Crippen MR) is 128 cm³/mol. The molecular weight excluding hydrogens is 462 g/mol. The van der Waals surface area contributed by atoms with Crippen LogP contribution in [-0.4, -0.2) is 26.5 Å². The Kier molecular flexibility index (Phi) is 5.74. The van der Waals surface area contributed by atoms with Crippen molar-refractivity contribution in [3.63, 3.8) is 0 Å². The number of nitrogens with one attached hydrogen (secondary N) is 2. The van der Waals surface area contributed by atoms with E-state index in [1.807, 2.05) is 31.2 Å². The van der Waals surface area contributed by atoms with Crippen LogP contribution in [0.15, 0.2) is 59.9 Å². The van der Waals surface area contributed by atoms with Crippen molar-refractivity contribution in [1.82, 2.24) is 19.9 Å². The molecule has 0 unspecified atom stereocenters. The summed E-state index contributed by atoms with van der Waals surface area (Å²) in [4.78, 5) is 34.9. The summed E-state index contributed by atoms with van der Waals surface area (Å²) < 4.78 is 8.26. The number of benzene rings is 1. The smallest absolute Gasteiger partial charge is 0.281 e. The van der Waals surface area contributed by atoms with Crippen LogP contribution >= 0.6 is 22.9 Å². The number of amides is 1. The number of hydrogen-bond acceptors (Lipinski definition) is 7. The van der Waals surface area contributed by atoms with Crippen LogP contribution in [0.1, 0.15) is 23.4 Å². The van der Waals surface area contributed by atoms with Gasteiger partial charge >= 0.3 is 0 Å². The van der Waals surface area contributed by atoms with Crippen LogP contribution in [0, 0.1) is 0 Å². The average Bonchev–Trinajstić information content (AvgIpc) is 3.23. The summed E-state index contributed by atoms with van der Waals surface area (Å²) in [7, 11) is 0. The first-order chi connectivity index (χ1) is 16.0. The van der Waals surface area contributed by atoms with E-state index in [-0.39, 0.29) is 41.7 Å². The molecule has 0 bridgehead atoms. The van der Waals surface area contributed by atoms with Crippen molar-refractivity contribution < 1.29 is 9.53 Å². The topological polar surface area (TPSA) is 98.1 Å². The minimum atomic E-state index is -0.367. The lowest BCUT2D eigenvalue weighted by atomic mass is 10.0. The minimum absolute atomic E-state index is 0.144. The highest BCUT2D eigenvalue weighted by atomic mass is 35.5. The summed E-state index contributed by atoms with van der Waals surface area (Å²) >= 11 is 7.59. The molecule has 0 fully saturated rings. The Morgan fingerprint density at radius 1 is 1.30 bits per heavy atom. The standard InChI is InChI=1S/C23H20ClN5O3S/c1-13-20(14-2-4-16(24)5-3-14)28-21-22(32-13)27-12-29(23(21)31)11-19(30)26-10-17-8-15-9-25-7-6-18(15)33-17/h2-9,12-13,20,28H,10-11H2,1H3,(H,26,30)/t13-,20-/m0/s1. The molecule has 1 amide bonds. The minimum Gasteiger partial charge on any atom is -0.470 e. The number of aromatic nitrogens is 3. The summed E-state index contributed by atoms with van der Waals surface area (Å²) in [5.41, 5.74) is 0.804. The average molecular weight is 482 g/mol. The Labute approximate surface area is 198 Å². The van der Waals surface area contributed by atoms with Gasteiger partial charge in [0.1, 0.15) is 19.0 Å². The Balaban J connectivity index is 1.30. The number of carbonyl (C=O) groups excluding carboxylic acids is 1. The number of anilines is 1. The molecule has 5 rings (SSSR count). The van der Waals surface area contributed by atoms with E-state index in [4.69, 9.17) is 16.3 Å². The van der Waals surface area contributed by atoms with Gasteiger partial charge in [0, 0.05) is 32.4 Å². The van der Waals surface area contributed by atoms with Gasteiger partial charge in [0.2, 0.25) is 11.8 Å². The molecule has 33 heavy (non-hydrogen) atoms. The van der Waals surface area contributed by atoms with Crippen molar-refractivity contribution in [3.05, 3.63) is 80.9 Å². The lowest BCUT2D eigenvalue weighted by Gasteiger charge is -2.32. The molecule has 8 nitrogen and oxygen atoms in total. The number of hydrogen-bond donors (Lipinski definition) is 2. The number of pyridine rings is 1. The van der Waals surface area contributed by atoms with Crippen molar-refractivity contribution in [3.8, 4) is 5.88 Å². The zero-order valence-electron chi connectivity index (χ0n) is 17.6. The Morgan fingerprint density at radius 2 is 2.12 bits per heavy atom. The Hall–Kier alpha value is -3.43. The van der Waals surface area contributed by atoms with Gasteiger partial charge in [0.05, 0.1) is 12.6 Å². The number of thiophene rings is 1. The van der Waals surface area contributed by atoms with Crippen molar-refractivity contribution in [2.75, 3.05) is 5.32 Å². The summed E-state index contributed by atoms with van der Waals surface area (Å²) in [5.74, 6) is -0.0537. The third kappa shape index (κ3) is 4.42. The number of nitrogens with zero attached hydrogens (tertiary/aromatic N) is 3. The van der Waals surface area contributed by atoms with Gasteiger partial charge in [-0.2, -0.15) is 0 Å². The van der Waals surface area contributed by atoms with Gasteiger partial charge in [-0.25, -0.2) is 4.98 Å². The first kappa shape index (κ1) is 21.4. The molecule has 3 aromatic heterocycles. The van der Waals surface area contributed by atoms with Crippen LogP contribution in [0.5, 0.6) is 5.88 Å². The third-order valence-corrected chi connectivity index (χ3v) is 6.81. The SMILES string of the molecule is C[C@@H]1Oc2ncn(CC(=O)NCc3cc4cnccc4s3)c(=O)c2N[C@@H]1c1ccc(Cl)cc1. The number of ether oxygens (including phenoxy) is 1. The van der Waals surface area contributed by atoms with Crippen molar-refractivity contribution in [2.45, 2.75) is 32.2 Å². The highest BCUT2D eigenvalue weighted by molar-refractivity contribution is 7.19. The summed E-state index contributed by atoms with van der Waals surface area (Å²) in [5, 5.41) is 7.77. The fraction of sp³-hybridized carbons (Fsp3) is 0.217. The lowest BCUT2D eigenvalue weighted by Crippen LogP contribution is -2.39. The van der Waals surface area contributed by atoms with Crippen LogP contribution in [0.25, 0.3) is 10.1 Å². The zero-order chi connectivity index (χ0) is 22.9. The van der Waals surface area contributed by atoms with Gasteiger partial charge in [-0.05, 0) is 36.8 Å². The van der Waals surface area contributed by atoms with Crippen molar-refractivity contribution in [2.24, 2.45) is 0 Å². The van der Waals surface area contributed by atoms with Gasteiger partial charge in [-0.1, -0.05) is 23.7 Å². The van der Waals surface area contributed by atoms with Gasteiger partial charge in [0.15, 0.2) is 5.69 Å². The summed E-state index contributed by atoms with van der Waals surface area (Å²) in [6.07, 6.45) is 4.62. The maximum Gasteiger partial charge on any atom is 0.281 e. The third-order valence-electron chi connectivity index (χ3n) is 5.44. The van der Waals surface area contributed by atoms with E-state index < -0.39 is 0 Å². The molecule has 4 aromatic rings. The molecular formula is C23H20ClN5O3S. The zero-order valence-corrected chi connectivity index (χ0v) is 19.2. The number of halogens is 1. The highest BCUT2D eigenvalue weighted by Gasteiger charge is 2.31. The maximum atomic E-state index is 13.1. The largest absolute Gasteiger partial charge is 0.470 e. The molecule has 0 saturated heterocycles. The molecule has 0 aliphatic carbocycles. The number of carbonyl (C=O) groups is 1. The van der Waals surface area contributed by atoms with E-state index >= 15 is 0 Å². The van der Waals surface area contributed by atoms with Crippen LogP contribution < -0.4 is 20.9 Å². The van der Waals surface area contributed by atoms with Gasteiger partial charge in [0.25, 0.3) is 5.56 Å². The second-order valence-electron chi connectivity index (χ2n) is 7.76. The molecule has 168 valence electrons. The lowest BCUT2D eigenvalue weighted by molar-refractivity contribution is -0.121. The first-order valence-corrected chi connectivity index (χ1v) is 11.5. The fourth-order valence-electron chi connectivity index (χ4n) is 3.76. The van der Waals surface area contributed by atoms with E-state index in [0.29, 0.717) is 11.6 Å².